The molecule has 1 aliphatic heterocycles. The Morgan fingerprint density at radius 2 is 2.00 bits per heavy atom. The van der Waals surface area contributed by atoms with Crippen LogP contribution in [-0.2, 0) is 11.3 Å². The van der Waals surface area contributed by atoms with Gasteiger partial charge in [0.05, 0.1) is 18.8 Å². The van der Waals surface area contributed by atoms with Gasteiger partial charge in [-0.25, -0.2) is 0 Å². The van der Waals surface area contributed by atoms with E-state index in [9.17, 15) is 4.79 Å². The second kappa shape index (κ2) is 7.82. The fraction of sp³-hybridized carbons (Fsp3) is 0.261. The third kappa shape index (κ3) is 3.84. The number of carbonyl (C=O) groups excluding carboxylic acids is 1. The van der Waals surface area contributed by atoms with Crippen LogP contribution in [0.1, 0.15) is 28.4 Å². The first-order valence-corrected chi connectivity index (χ1v) is 10.0. The Hall–Kier alpha value is -2.56. The highest BCUT2D eigenvalue weighted by Crippen LogP contribution is 2.24. The Morgan fingerprint density at radius 1 is 1.14 bits per heavy atom. The van der Waals surface area contributed by atoms with Crippen LogP contribution >= 0.6 is 11.6 Å². The van der Waals surface area contributed by atoms with Crippen molar-refractivity contribution < 1.29 is 9.69 Å². The molecular formula is C23H25ClN3O+. The Kier molecular flexibility index (Phi) is 5.25. The molecule has 0 aliphatic carbocycles. The number of carbonyl (C=O) groups is 1. The number of hydrogen-bond acceptors (Lipinski definition) is 1. The van der Waals surface area contributed by atoms with Crippen molar-refractivity contribution in [1.29, 1.82) is 0 Å². The summed E-state index contributed by atoms with van der Waals surface area (Å²) in [6, 6.07) is 18.3. The summed E-state index contributed by atoms with van der Waals surface area (Å²) in [7, 11) is 0. The van der Waals surface area contributed by atoms with Crippen LogP contribution in [-0.4, -0.2) is 23.6 Å². The summed E-state index contributed by atoms with van der Waals surface area (Å²) in [6.45, 7) is 6.34. The molecule has 1 aliphatic rings. The van der Waals surface area contributed by atoms with Crippen molar-refractivity contribution in [2.45, 2.75) is 26.4 Å². The van der Waals surface area contributed by atoms with Crippen LogP contribution in [0.5, 0.6) is 0 Å². The molecule has 0 fully saturated rings. The molecule has 5 heteroatoms. The number of nitrogens with zero attached hydrogens (tertiary/aromatic N) is 1. The van der Waals surface area contributed by atoms with Crippen molar-refractivity contribution in [1.82, 2.24) is 4.57 Å². The summed E-state index contributed by atoms with van der Waals surface area (Å²) in [4.78, 5) is 14.0. The standard InChI is InChI=1S/C23H24ClN3O/c1-16-8-9-20(13-17(16)2)25-22(28)15-27-12-11-26-10-4-7-21(26)23(27)18-5-3-6-19(24)14-18/h3-10,13-14,23H,11-12,15H2,1-2H3,(H,25,28)/p+1/t23-/m0/s1. The highest BCUT2D eigenvalue weighted by Gasteiger charge is 2.33. The van der Waals surface area contributed by atoms with Gasteiger partial charge in [-0.3, -0.25) is 4.79 Å². The topological polar surface area (TPSA) is 38.5 Å². The van der Waals surface area contributed by atoms with Gasteiger partial charge in [-0.1, -0.05) is 29.8 Å². The monoisotopic (exact) mass is 394 g/mol. The number of quaternary nitrogens is 1. The molecule has 1 unspecified atom stereocenters. The van der Waals surface area contributed by atoms with Crippen molar-refractivity contribution in [2.75, 3.05) is 18.4 Å². The predicted molar refractivity (Wildman–Crippen MR) is 113 cm³/mol. The Morgan fingerprint density at radius 3 is 2.79 bits per heavy atom. The fourth-order valence-electron chi connectivity index (χ4n) is 4.02. The minimum absolute atomic E-state index is 0.0327. The summed E-state index contributed by atoms with van der Waals surface area (Å²) < 4.78 is 2.27. The average molecular weight is 395 g/mol. The zero-order chi connectivity index (χ0) is 19.7. The lowest BCUT2D eigenvalue weighted by Crippen LogP contribution is -3.14. The first-order chi connectivity index (χ1) is 13.5. The molecule has 2 N–H and O–H groups in total. The van der Waals surface area contributed by atoms with Crippen LogP contribution in [0.4, 0.5) is 5.69 Å². The lowest BCUT2D eigenvalue weighted by Gasteiger charge is -2.34. The van der Waals surface area contributed by atoms with Gasteiger partial charge < -0.3 is 14.8 Å². The highest BCUT2D eigenvalue weighted by atomic mass is 35.5. The van der Waals surface area contributed by atoms with Gasteiger partial charge in [0.2, 0.25) is 0 Å². The van der Waals surface area contributed by atoms with Gasteiger partial charge in [0.1, 0.15) is 0 Å². The van der Waals surface area contributed by atoms with E-state index in [2.05, 4.69) is 48.1 Å². The molecule has 4 rings (SSSR count). The summed E-state index contributed by atoms with van der Waals surface area (Å²) >= 11 is 6.26. The van der Waals surface area contributed by atoms with Gasteiger partial charge in [-0.2, -0.15) is 0 Å². The van der Waals surface area contributed by atoms with Gasteiger partial charge in [0.15, 0.2) is 12.6 Å². The highest BCUT2D eigenvalue weighted by molar-refractivity contribution is 6.30. The van der Waals surface area contributed by atoms with Crippen LogP contribution < -0.4 is 10.2 Å². The number of anilines is 1. The molecular weight excluding hydrogens is 370 g/mol. The van der Waals surface area contributed by atoms with E-state index in [1.165, 1.54) is 21.7 Å². The fourth-order valence-corrected chi connectivity index (χ4v) is 4.22. The van der Waals surface area contributed by atoms with E-state index in [0.717, 1.165) is 29.4 Å². The maximum Gasteiger partial charge on any atom is 0.279 e. The van der Waals surface area contributed by atoms with Crippen LogP contribution in [0.2, 0.25) is 5.02 Å². The molecule has 3 aromatic rings. The minimum Gasteiger partial charge on any atom is -0.340 e. The second-order valence-electron chi connectivity index (χ2n) is 7.55. The van der Waals surface area contributed by atoms with E-state index >= 15 is 0 Å². The summed E-state index contributed by atoms with van der Waals surface area (Å²) in [6.07, 6.45) is 2.11. The normalized spacial score (nSPS) is 18.5. The molecule has 0 spiro atoms. The molecule has 4 nitrogen and oxygen atoms in total. The van der Waals surface area contributed by atoms with E-state index in [4.69, 9.17) is 11.6 Å². The van der Waals surface area contributed by atoms with E-state index in [1.54, 1.807) is 0 Å². The van der Waals surface area contributed by atoms with Crippen LogP contribution in [0, 0.1) is 13.8 Å². The van der Waals surface area contributed by atoms with Crippen LogP contribution in [0.15, 0.2) is 60.8 Å². The van der Waals surface area contributed by atoms with Gasteiger partial charge in [-0.15, -0.1) is 0 Å². The summed E-state index contributed by atoms with van der Waals surface area (Å²) in [5.74, 6) is 0.0327. The minimum atomic E-state index is 0.0327. The van der Waals surface area contributed by atoms with E-state index in [1.807, 2.05) is 36.4 Å². The number of halogens is 1. The molecule has 1 aromatic heterocycles. The molecule has 2 atom stereocenters. The van der Waals surface area contributed by atoms with E-state index in [-0.39, 0.29) is 11.9 Å². The van der Waals surface area contributed by atoms with Crippen molar-refractivity contribution in [3.05, 3.63) is 88.2 Å². The molecule has 2 heterocycles. The van der Waals surface area contributed by atoms with Gasteiger partial charge in [0.25, 0.3) is 5.91 Å². The molecule has 28 heavy (non-hydrogen) atoms. The van der Waals surface area contributed by atoms with E-state index in [0.29, 0.717) is 6.54 Å². The number of rotatable bonds is 4. The largest absolute Gasteiger partial charge is 0.340 e. The molecule has 1 amide bonds. The van der Waals surface area contributed by atoms with Gasteiger partial charge >= 0.3 is 0 Å². The Bertz CT molecular complexity index is 1010. The maximum absolute atomic E-state index is 12.8. The number of amides is 1. The molecule has 144 valence electrons. The quantitative estimate of drug-likeness (QED) is 0.699. The van der Waals surface area contributed by atoms with Crippen LogP contribution in [0.25, 0.3) is 0 Å². The summed E-state index contributed by atoms with van der Waals surface area (Å²) in [5, 5.41) is 3.79. The second-order valence-corrected chi connectivity index (χ2v) is 7.98. The zero-order valence-corrected chi connectivity index (χ0v) is 17.0. The van der Waals surface area contributed by atoms with E-state index < -0.39 is 0 Å². The van der Waals surface area contributed by atoms with Crippen molar-refractivity contribution in [3.8, 4) is 0 Å². The van der Waals surface area contributed by atoms with Crippen LogP contribution in [0.3, 0.4) is 0 Å². The third-order valence-electron chi connectivity index (χ3n) is 5.60. The number of aromatic nitrogens is 1. The molecule has 0 radical (unpaired) electrons. The third-order valence-corrected chi connectivity index (χ3v) is 5.84. The Labute approximate surface area is 170 Å². The molecule has 2 aromatic carbocycles. The van der Waals surface area contributed by atoms with Crippen molar-refractivity contribution in [2.24, 2.45) is 0 Å². The number of aryl methyl sites for hydroxylation is 2. The lowest BCUT2D eigenvalue weighted by molar-refractivity contribution is -0.922. The van der Waals surface area contributed by atoms with Gasteiger partial charge in [0, 0.05) is 22.5 Å². The lowest BCUT2D eigenvalue weighted by atomic mass is 10.00. The first-order valence-electron chi connectivity index (χ1n) is 9.63. The smallest absolute Gasteiger partial charge is 0.279 e. The van der Waals surface area contributed by atoms with Gasteiger partial charge in [-0.05, 0) is 61.4 Å². The molecule has 0 bridgehead atoms. The first kappa shape index (κ1) is 18.8. The average Bonchev–Trinajstić information content (AvgIpc) is 3.13. The number of fused-ring (bicyclic) bond motifs is 1. The predicted octanol–water partition coefficient (Wildman–Crippen LogP) is 3.38. The molecule has 0 saturated carbocycles. The van der Waals surface area contributed by atoms with Crippen molar-refractivity contribution in [3.63, 3.8) is 0 Å². The van der Waals surface area contributed by atoms with Crippen molar-refractivity contribution >= 4 is 23.2 Å². The summed E-state index contributed by atoms with van der Waals surface area (Å²) in [5.41, 5.74) is 5.62. The zero-order valence-electron chi connectivity index (χ0n) is 16.2. The SMILES string of the molecule is Cc1ccc(NC(=O)C[NH+]2CCn3cccc3[C@@H]2c2cccc(Cl)c2)cc1C. The molecule has 0 saturated heterocycles. The number of benzene rings is 2. The number of nitrogens with one attached hydrogen (secondary N) is 2. The maximum atomic E-state index is 12.8. The number of hydrogen-bond donors (Lipinski definition) is 2. The Balaban J connectivity index is 1.57.